The van der Waals surface area contributed by atoms with Crippen molar-refractivity contribution in [1.82, 2.24) is 0 Å². The predicted molar refractivity (Wildman–Crippen MR) is 38.9 cm³/mol. The molecule has 0 heterocycles. The molecular formula is C8H5F3O3. The topological polar surface area (TPSA) is 57.5 Å². The molecule has 1 atom stereocenters. The summed E-state index contributed by atoms with van der Waals surface area (Å²) in [6.07, 6.45) is -2.07. The zero-order valence-corrected chi connectivity index (χ0v) is 6.67. The van der Waals surface area contributed by atoms with Crippen molar-refractivity contribution in [3.05, 3.63) is 35.1 Å². The Morgan fingerprint density at radius 3 is 2.00 bits per heavy atom. The van der Waals surface area contributed by atoms with Crippen LogP contribution in [0.3, 0.4) is 0 Å². The van der Waals surface area contributed by atoms with E-state index in [9.17, 15) is 18.0 Å². The predicted octanol–water partition coefficient (Wildman–Crippen LogP) is 1.22. The number of carbonyl (C=O) groups is 1. The average molecular weight is 206 g/mol. The summed E-state index contributed by atoms with van der Waals surface area (Å²) in [5.74, 6) is -6.46. The monoisotopic (exact) mass is 206 g/mol. The maximum absolute atomic E-state index is 12.5. The van der Waals surface area contributed by atoms with E-state index in [0.29, 0.717) is 12.1 Å². The van der Waals surface area contributed by atoms with E-state index in [1.807, 2.05) is 0 Å². The van der Waals surface area contributed by atoms with Crippen LogP contribution in [0.5, 0.6) is 0 Å². The molecule has 0 amide bonds. The largest absolute Gasteiger partial charge is 0.479 e. The highest BCUT2D eigenvalue weighted by Gasteiger charge is 2.20. The molecule has 0 spiro atoms. The highest BCUT2D eigenvalue weighted by atomic mass is 19.2. The number of aliphatic hydroxyl groups is 1. The molecular weight excluding hydrogens is 201 g/mol. The zero-order chi connectivity index (χ0) is 10.9. The molecule has 6 heteroatoms. The Morgan fingerprint density at radius 1 is 1.21 bits per heavy atom. The summed E-state index contributed by atoms with van der Waals surface area (Å²) in [5.41, 5.74) is -0.547. The first kappa shape index (κ1) is 10.5. The highest BCUT2D eigenvalue weighted by molar-refractivity contribution is 5.73. The lowest BCUT2D eigenvalue weighted by atomic mass is 10.1. The fraction of sp³-hybridized carbons (Fsp3) is 0.125. The van der Waals surface area contributed by atoms with Gasteiger partial charge in [-0.2, -0.15) is 0 Å². The molecule has 3 nitrogen and oxygen atoms in total. The summed E-state index contributed by atoms with van der Waals surface area (Å²) in [6, 6.07) is 0.856. The minimum absolute atomic E-state index is 0.428. The van der Waals surface area contributed by atoms with E-state index < -0.39 is 35.1 Å². The first-order valence-corrected chi connectivity index (χ1v) is 3.48. The molecule has 1 aromatic rings. The van der Waals surface area contributed by atoms with E-state index >= 15 is 0 Å². The van der Waals surface area contributed by atoms with Gasteiger partial charge in [-0.1, -0.05) is 0 Å². The van der Waals surface area contributed by atoms with Gasteiger partial charge in [0.05, 0.1) is 0 Å². The number of hydrogen-bond acceptors (Lipinski definition) is 2. The third-order valence-corrected chi connectivity index (χ3v) is 1.56. The SMILES string of the molecule is O=C(O)[C@@H](O)c1cc(F)c(F)c(F)c1. The van der Waals surface area contributed by atoms with Crippen molar-refractivity contribution in [3.63, 3.8) is 0 Å². The van der Waals surface area contributed by atoms with Crippen LogP contribution < -0.4 is 0 Å². The molecule has 0 aliphatic carbocycles. The van der Waals surface area contributed by atoms with Gasteiger partial charge < -0.3 is 10.2 Å². The first-order chi connectivity index (χ1) is 6.43. The smallest absolute Gasteiger partial charge is 0.337 e. The second-order valence-electron chi connectivity index (χ2n) is 2.54. The van der Waals surface area contributed by atoms with E-state index in [1.165, 1.54) is 0 Å². The van der Waals surface area contributed by atoms with Crippen LogP contribution in [0.4, 0.5) is 13.2 Å². The van der Waals surface area contributed by atoms with Crippen LogP contribution in [0.2, 0.25) is 0 Å². The Balaban J connectivity index is 3.19. The Labute approximate surface area is 76.4 Å². The molecule has 0 bridgehead atoms. The molecule has 0 saturated carbocycles. The Hall–Kier alpha value is -1.56. The lowest BCUT2D eigenvalue weighted by Crippen LogP contribution is -2.11. The van der Waals surface area contributed by atoms with E-state index in [2.05, 4.69) is 0 Å². The molecule has 0 radical (unpaired) electrons. The molecule has 2 N–H and O–H groups in total. The molecule has 0 saturated heterocycles. The Morgan fingerprint density at radius 2 is 1.64 bits per heavy atom. The summed E-state index contributed by atoms with van der Waals surface area (Å²) >= 11 is 0. The van der Waals surface area contributed by atoms with Gasteiger partial charge in [0.2, 0.25) is 0 Å². The van der Waals surface area contributed by atoms with Gasteiger partial charge in [-0.3, -0.25) is 0 Å². The van der Waals surface area contributed by atoms with Crippen LogP contribution in [0.1, 0.15) is 11.7 Å². The molecule has 0 aromatic heterocycles. The van der Waals surface area contributed by atoms with Crippen molar-refractivity contribution < 1.29 is 28.2 Å². The lowest BCUT2D eigenvalue weighted by molar-refractivity contribution is -0.146. The van der Waals surface area contributed by atoms with Gasteiger partial charge in [0, 0.05) is 0 Å². The minimum Gasteiger partial charge on any atom is -0.479 e. The van der Waals surface area contributed by atoms with Crippen LogP contribution in [-0.2, 0) is 4.79 Å². The van der Waals surface area contributed by atoms with Crippen LogP contribution in [0.15, 0.2) is 12.1 Å². The zero-order valence-electron chi connectivity index (χ0n) is 6.67. The molecule has 0 aliphatic rings. The molecule has 76 valence electrons. The molecule has 1 rings (SSSR count). The van der Waals surface area contributed by atoms with Crippen LogP contribution in [-0.4, -0.2) is 16.2 Å². The van der Waals surface area contributed by atoms with Crippen LogP contribution in [0.25, 0.3) is 0 Å². The van der Waals surface area contributed by atoms with Gasteiger partial charge in [0.15, 0.2) is 23.6 Å². The number of aliphatic carboxylic acids is 1. The molecule has 1 aromatic carbocycles. The van der Waals surface area contributed by atoms with Gasteiger partial charge in [0.25, 0.3) is 0 Å². The number of halogens is 3. The lowest BCUT2D eigenvalue weighted by Gasteiger charge is -2.06. The molecule has 14 heavy (non-hydrogen) atoms. The fourth-order valence-corrected chi connectivity index (χ4v) is 0.876. The maximum atomic E-state index is 12.5. The van der Waals surface area contributed by atoms with Crippen LogP contribution in [0, 0.1) is 17.5 Å². The normalized spacial score (nSPS) is 12.6. The van der Waals surface area contributed by atoms with Gasteiger partial charge >= 0.3 is 5.97 Å². The average Bonchev–Trinajstić information content (AvgIpc) is 2.12. The Kier molecular flexibility index (Phi) is 2.76. The van der Waals surface area contributed by atoms with E-state index in [0.717, 1.165) is 0 Å². The van der Waals surface area contributed by atoms with Crippen molar-refractivity contribution in [2.75, 3.05) is 0 Å². The number of hydrogen-bond donors (Lipinski definition) is 2. The van der Waals surface area contributed by atoms with Gasteiger partial charge in [-0.25, -0.2) is 18.0 Å². The molecule has 0 aliphatic heterocycles. The van der Waals surface area contributed by atoms with Gasteiger partial charge in [-0.05, 0) is 17.7 Å². The van der Waals surface area contributed by atoms with Crippen molar-refractivity contribution in [1.29, 1.82) is 0 Å². The van der Waals surface area contributed by atoms with E-state index in [1.54, 1.807) is 0 Å². The van der Waals surface area contributed by atoms with Crippen molar-refractivity contribution in [3.8, 4) is 0 Å². The molecule has 0 unspecified atom stereocenters. The van der Waals surface area contributed by atoms with Crippen LogP contribution >= 0.6 is 0 Å². The standard InChI is InChI=1S/C8H5F3O3/c9-4-1-3(7(12)8(13)14)2-5(10)6(4)11/h1-2,7,12H,(H,13,14)/t7-/m0/s1. The Bertz CT molecular complexity index is 355. The van der Waals surface area contributed by atoms with Gasteiger partial charge in [-0.15, -0.1) is 0 Å². The maximum Gasteiger partial charge on any atom is 0.337 e. The van der Waals surface area contributed by atoms with Crippen molar-refractivity contribution in [2.24, 2.45) is 0 Å². The van der Waals surface area contributed by atoms with Gasteiger partial charge in [0.1, 0.15) is 0 Å². The number of aliphatic hydroxyl groups excluding tert-OH is 1. The number of rotatable bonds is 2. The number of carboxylic acid groups (broad SMARTS) is 1. The first-order valence-electron chi connectivity index (χ1n) is 3.48. The third-order valence-electron chi connectivity index (χ3n) is 1.56. The van der Waals surface area contributed by atoms with E-state index in [-0.39, 0.29) is 0 Å². The number of benzene rings is 1. The van der Waals surface area contributed by atoms with Crippen molar-refractivity contribution >= 4 is 5.97 Å². The summed E-state index contributed by atoms with van der Waals surface area (Å²) in [7, 11) is 0. The third kappa shape index (κ3) is 1.85. The highest BCUT2D eigenvalue weighted by Crippen LogP contribution is 2.19. The second kappa shape index (κ2) is 3.67. The summed E-state index contributed by atoms with van der Waals surface area (Å²) in [5, 5.41) is 17.2. The summed E-state index contributed by atoms with van der Waals surface area (Å²) in [4.78, 5) is 10.2. The second-order valence-corrected chi connectivity index (χ2v) is 2.54. The molecule has 0 fully saturated rings. The minimum atomic E-state index is -2.07. The summed E-state index contributed by atoms with van der Waals surface area (Å²) in [6.45, 7) is 0. The van der Waals surface area contributed by atoms with E-state index in [4.69, 9.17) is 10.2 Å². The number of carboxylic acids is 1. The van der Waals surface area contributed by atoms with Crippen molar-refractivity contribution in [2.45, 2.75) is 6.10 Å². The fourth-order valence-electron chi connectivity index (χ4n) is 0.876. The summed E-state index contributed by atoms with van der Waals surface area (Å²) < 4.78 is 37.5. The quantitative estimate of drug-likeness (QED) is 0.715.